The van der Waals surface area contributed by atoms with E-state index in [9.17, 15) is 5.11 Å². The van der Waals surface area contributed by atoms with Crippen LogP contribution in [0.15, 0.2) is 37.0 Å². The van der Waals surface area contributed by atoms with Crippen LogP contribution >= 0.6 is 0 Å². The summed E-state index contributed by atoms with van der Waals surface area (Å²) in [5, 5.41) is 9.25. The molecule has 0 aromatic rings. The number of hydrogen-bond donors (Lipinski definition) is 1. The van der Waals surface area contributed by atoms with Gasteiger partial charge in [0.2, 0.25) is 0 Å². The Morgan fingerprint density at radius 2 is 2.08 bits per heavy atom. The van der Waals surface area contributed by atoms with E-state index < -0.39 is 0 Å². The predicted molar refractivity (Wildman–Crippen MR) is 58.6 cm³/mol. The zero-order valence-electron chi connectivity index (χ0n) is 8.45. The first-order valence-electron chi connectivity index (χ1n) is 4.93. The van der Waals surface area contributed by atoms with Gasteiger partial charge in [-0.05, 0) is 25.7 Å². The quantitative estimate of drug-likeness (QED) is 0.471. The number of aliphatic hydroxyl groups excluding tert-OH is 1. The Bertz CT molecular complexity index is 168. The third-order valence-corrected chi connectivity index (χ3v) is 1.87. The van der Waals surface area contributed by atoms with Crippen molar-refractivity contribution in [1.29, 1.82) is 0 Å². The highest BCUT2D eigenvalue weighted by atomic mass is 16.3. The van der Waals surface area contributed by atoms with Gasteiger partial charge in [-0.25, -0.2) is 0 Å². The van der Waals surface area contributed by atoms with Crippen molar-refractivity contribution >= 4 is 0 Å². The molecule has 13 heavy (non-hydrogen) atoms. The molecule has 0 aliphatic heterocycles. The van der Waals surface area contributed by atoms with Gasteiger partial charge in [-0.2, -0.15) is 0 Å². The van der Waals surface area contributed by atoms with Crippen LogP contribution in [0.1, 0.15) is 32.6 Å². The van der Waals surface area contributed by atoms with Gasteiger partial charge in [0.25, 0.3) is 0 Å². The van der Waals surface area contributed by atoms with Crippen LogP contribution in [-0.4, -0.2) is 11.2 Å². The topological polar surface area (TPSA) is 20.2 Å². The number of aliphatic hydroxyl groups is 1. The van der Waals surface area contributed by atoms with Gasteiger partial charge in [0.05, 0.1) is 6.10 Å². The molecule has 0 bridgehead atoms. The van der Waals surface area contributed by atoms with Gasteiger partial charge in [-0.3, -0.25) is 0 Å². The van der Waals surface area contributed by atoms with Crippen molar-refractivity contribution in [2.75, 3.05) is 0 Å². The summed E-state index contributed by atoms with van der Waals surface area (Å²) in [6.07, 6.45) is 13.5. The van der Waals surface area contributed by atoms with E-state index in [0.29, 0.717) is 0 Å². The number of rotatable bonds is 7. The van der Waals surface area contributed by atoms with Gasteiger partial charge < -0.3 is 5.11 Å². The molecule has 1 atom stereocenters. The fraction of sp³-hybridized carbons (Fsp3) is 0.500. The van der Waals surface area contributed by atoms with Crippen molar-refractivity contribution in [3.63, 3.8) is 0 Å². The highest BCUT2D eigenvalue weighted by Crippen LogP contribution is 2.04. The van der Waals surface area contributed by atoms with E-state index in [1.165, 1.54) is 0 Å². The minimum absolute atomic E-state index is 0.114. The highest BCUT2D eigenvalue weighted by molar-refractivity contribution is 5.08. The Balaban J connectivity index is 3.29. The second-order valence-corrected chi connectivity index (χ2v) is 3.04. The molecule has 0 spiro atoms. The third-order valence-electron chi connectivity index (χ3n) is 1.87. The van der Waals surface area contributed by atoms with Gasteiger partial charge in [-0.15, -0.1) is 0 Å². The monoisotopic (exact) mass is 180 g/mol. The second kappa shape index (κ2) is 9.27. The Morgan fingerprint density at radius 3 is 2.69 bits per heavy atom. The van der Waals surface area contributed by atoms with Gasteiger partial charge in [0, 0.05) is 0 Å². The zero-order chi connectivity index (χ0) is 9.94. The van der Waals surface area contributed by atoms with Crippen molar-refractivity contribution < 1.29 is 5.11 Å². The first-order valence-corrected chi connectivity index (χ1v) is 4.93. The third kappa shape index (κ3) is 9.09. The fourth-order valence-corrected chi connectivity index (χ4v) is 0.993. The lowest BCUT2D eigenvalue weighted by Crippen LogP contribution is -2.02. The molecule has 0 radical (unpaired) electrons. The SMILES string of the molecule is C=CC=CC=CCCCC(O)CC. The lowest BCUT2D eigenvalue weighted by molar-refractivity contribution is 0.158. The molecule has 0 saturated heterocycles. The van der Waals surface area contributed by atoms with E-state index in [1.807, 2.05) is 25.2 Å². The standard InChI is InChI=1S/C12H20O/c1-3-5-6-7-8-9-10-11-12(13)4-2/h3,5-8,12-13H,1,4,9-11H2,2H3. The molecule has 0 rings (SSSR count). The molecule has 1 nitrogen and oxygen atoms in total. The minimum atomic E-state index is -0.114. The lowest BCUT2D eigenvalue weighted by Gasteiger charge is -2.04. The molecule has 0 amide bonds. The van der Waals surface area contributed by atoms with E-state index in [0.717, 1.165) is 25.7 Å². The average molecular weight is 180 g/mol. The van der Waals surface area contributed by atoms with E-state index in [4.69, 9.17) is 0 Å². The van der Waals surface area contributed by atoms with Gasteiger partial charge in [0.1, 0.15) is 0 Å². The average Bonchev–Trinajstić information content (AvgIpc) is 2.16. The molecule has 0 aliphatic rings. The Kier molecular flexibility index (Phi) is 8.68. The highest BCUT2D eigenvalue weighted by Gasteiger charge is 1.97. The molecule has 0 aromatic carbocycles. The number of allylic oxidation sites excluding steroid dienone is 5. The maximum Gasteiger partial charge on any atom is 0.0537 e. The first-order chi connectivity index (χ1) is 6.31. The maximum absolute atomic E-state index is 9.25. The molecule has 1 unspecified atom stereocenters. The van der Waals surface area contributed by atoms with Crippen LogP contribution in [0, 0.1) is 0 Å². The van der Waals surface area contributed by atoms with Crippen molar-refractivity contribution in [1.82, 2.24) is 0 Å². The van der Waals surface area contributed by atoms with E-state index in [1.54, 1.807) is 6.08 Å². The first kappa shape index (κ1) is 12.2. The summed E-state index contributed by atoms with van der Waals surface area (Å²) in [4.78, 5) is 0. The molecule has 0 aromatic heterocycles. The molecule has 0 saturated carbocycles. The molecule has 0 aliphatic carbocycles. The number of hydrogen-bond acceptors (Lipinski definition) is 1. The normalized spacial score (nSPS) is 14.0. The maximum atomic E-state index is 9.25. The van der Waals surface area contributed by atoms with Crippen molar-refractivity contribution in [3.8, 4) is 0 Å². The Hall–Kier alpha value is -0.820. The molecule has 0 heterocycles. The molecular formula is C12H20O. The van der Waals surface area contributed by atoms with Crippen LogP contribution in [0.2, 0.25) is 0 Å². The van der Waals surface area contributed by atoms with Gasteiger partial charge >= 0.3 is 0 Å². The molecule has 1 N–H and O–H groups in total. The van der Waals surface area contributed by atoms with Crippen molar-refractivity contribution in [3.05, 3.63) is 37.0 Å². The summed E-state index contributed by atoms with van der Waals surface area (Å²) in [7, 11) is 0. The Labute approximate surface area is 81.5 Å². The van der Waals surface area contributed by atoms with Gasteiger partial charge in [-0.1, -0.05) is 43.9 Å². The summed E-state index contributed by atoms with van der Waals surface area (Å²) in [5.74, 6) is 0. The predicted octanol–water partition coefficient (Wildman–Crippen LogP) is 3.23. The van der Waals surface area contributed by atoms with Gasteiger partial charge in [0.15, 0.2) is 0 Å². The number of unbranched alkanes of at least 4 members (excludes halogenated alkanes) is 1. The van der Waals surface area contributed by atoms with E-state index in [2.05, 4.69) is 12.7 Å². The van der Waals surface area contributed by atoms with Crippen LogP contribution in [0.5, 0.6) is 0 Å². The Morgan fingerprint density at radius 1 is 1.31 bits per heavy atom. The van der Waals surface area contributed by atoms with Crippen molar-refractivity contribution in [2.24, 2.45) is 0 Å². The molecular weight excluding hydrogens is 160 g/mol. The van der Waals surface area contributed by atoms with Crippen molar-refractivity contribution in [2.45, 2.75) is 38.7 Å². The summed E-state index contributed by atoms with van der Waals surface area (Å²) in [6.45, 7) is 5.58. The van der Waals surface area contributed by atoms with Crippen LogP contribution < -0.4 is 0 Å². The summed E-state index contributed by atoms with van der Waals surface area (Å²) in [5.41, 5.74) is 0. The molecule has 0 fully saturated rings. The summed E-state index contributed by atoms with van der Waals surface area (Å²) in [6, 6.07) is 0. The lowest BCUT2D eigenvalue weighted by atomic mass is 10.1. The van der Waals surface area contributed by atoms with Crippen LogP contribution in [0.4, 0.5) is 0 Å². The summed E-state index contributed by atoms with van der Waals surface area (Å²) >= 11 is 0. The van der Waals surface area contributed by atoms with Crippen LogP contribution in [-0.2, 0) is 0 Å². The fourth-order valence-electron chi connectivity index (χ4n) is 0.993. The zero-order valence-corrected chi connectivity index (χ0v) is 8.45. The molecule has 74 valence electrons. The minimum Gasteiger partial charge on any atom is -0.393 e. The smallest absolute Gasteiger partial charge is 0.0537 e. The molecule has 1 heteroatoms. The summed E-state index contributed by atoms with van der Waals surface area (Å²) < 4.78 is 0. The van der Waals surface area contributed by atoms with Crippen LogP contribution in [0.25, 0.3) is 0 Å². The van der Waals surface area contributed by atoms with Crippen LogP contribution in [0.3, 0.4) is 0 Å². The van der Waals surface area contributed by atoms with E-state index >= 15 is 0 Å². The second-order valence-electron chi connectivity index (χ2n) is 3.04. The van der Waals surface area contributed by atoms with E-state index in [-0.39, 0.29) is 6.10 Å². The largest absolute Gasteiger partial charge is 0.393 e.